The molecule has 33 heavy (non-hydrogen) atoms. The summed E-state index contributed by atoms with van der Waals surface area (Å²) in [6.45, 7) is 8.67. The van der Waals surface area contributed by atoms with Crippen molar-refractivity contribution in [3.8, 4) is 0 Å². The smallest absolute Gasteiger partial charge is 0.264 e. The molecule has 3 aromatic rings. The molecular weight excluding hydrogens is 478 g/mol. The first-order valence-electron chi connectivity index (χ1n) is 11.0. The van der Waals surface area contributed by atoms with Crippen LogP contribution in [0.25, 0.3) is 0 Å². The molecule has 0 bridgehead atoms. The Morgan fingerprint density at radius 2 is 1.64 bits per heavy atom. The van der Waals surface area contributed by atoms with E-state index in [1.165, 1.54) is 0 Å². The van der Waals surface area contributed by atoms with Crippen LogP contribution in [-0.4, -0.2) is 16.8 Å². The van der Waals surface area contributed by atoms with E-state index in [0.717, 1.165) is 21.2 Å². The Morgan fingerprint density at radius 1 is 1.00 bits per heavy atom. The fraction of sp³-hybridized carbons (Fsp3) is 0.286. The molecule has 3 aromatic carbocycles. The monoisotopic (exact) mass is 505 g/mol. The van der Waals surface area contributed by atoms with Crippen molar-refractivity contribution in [2.75, 3.05) is 4.90 Å². The van der Waals surface area contributed by atoms with Gasteiger partial charge in [0.15, 0.2) is 11.4 Å². The van der Waals surface area contributed by atoms with Gasteiger partial charge in [0.1, 0.15) is 0 Å². The number of aryl methyl sites for hydroxylation is 1. The van der Waals surface area contributed by atoms with Crippen LogP contribution in [0.15, 0.2) is 71.2 Å². The molecule has 0 aromatic heterocycles. The van der Waals surface area contributed by atoms with Crippen molar-refractivity contribution in [1.29, 1.82) is 0 Å². The van der Waals surface area contributed by atoms with Crippen LogP contribution >= 0.6 is 15.9 Å². The van der Waals surface area contributed by atoms with Gasteiger partial charge in [-0.05, 0) is 41.7 Å². The first-order valence-corrected chi connectivity index (χ1v) is 11.8. The van der Waals surface area contributed by atoms with Gasteiger partial charge in [-0.25, -0.2) is 0 Å². The van der Waals surface area contributed by atoms with Gasteiger partial charge in [0.05, 0.1) is 18.7 Å². The molecule has 1 heterocycles. The van der Waals surface area contributed by atoms with Gasteiger partial charge in [0.2, 0.25) is 0 Å². The number of aliphatic hydroxyl groups is 1. The molecule has 0 fully saturated rings. The second kappa shape index (κ2) is 8.54. The Balaban J connectivity index is 1.66. The second-order valence-electron chi connectivity index (χ2n) is 9.83. The zero-order valence-electron chi connectivity index (χ0n) is 19.4. The van der Waals surface area contributed by atoms with Gasteiger partial charge < -0.3 is 10.0 Å². The van der Waals surface area contributed by atoms with Crippen LogP contribution in [0.1, 0.15) is 59.8 Å². The summed E-state index contributed by atoms with van der Waals surface area (Å²) in [6.07, 6.45) is -0.311. The average molecular weight is 506 g/mol. The number of Topliss-reactive ketones (excluding diaryl/α,β-unsaturated/α-hetero) is 1. The number of hydrogen-bond donors (Lipinski definition) is 1. The second-order valence-corrected chi connectivity index (χ2v) is 10.7. The lowest BCUT2D eigenvalue weighted by atomic mass is 9.85. The van der Waals surface area contributed by atoms with E-state index in [1.54, 1.807) is 23.1 Å². The summed E-state index contributed by atoms with van der Waals surface area (Å²) in [5.41, 5.74) is 2.83. The maximum absolute atomic E-state index is 13.5. The summed E-state index contributed by atoms with van der Waals surface area (Å²) in [5.74, 6) is -0.745. The number of halogens is 1. The van der Waals surface area contributed by atoms with Crippen LogP contribution in [-0.2, 0) is 22.4 Å². The number of carbonyl (C=O) groups excluding carboxylic acids is 2. The lowest BCUT2D eigenvalue weighted by Gasteiger charge is -2.23. The van der Waals surface area contributed by atoms with Crippen molar-refractivity contribution in [1.82, 2.24) is 0 Å². The highest BCUT2D eigenvalue weighted by Gasteiger charge is 2.51. The number of ketones is 1. The van der Waals surface area contributed by atoms with Gasteiger partial charge in [0, 0.05) is 15.6 Å². The summed E-state index contributed by atoms with van der Waals surface area (Å²) in [4.78, 5) is 28.3. The van der Waals surface area contributed by atoms with Crippen LogP contribution in [0.2, 0.25) is 0 Å². The topological polar surface area (TPSA) is 57.6 Å². The Bertz CT molecular complexity index is 1210. The molecule has 0 aliphatic carbocycles. The molecule has 1 atom stereocenters. The summed E-state index contributed by atoms with van der Waals surface area (Å²) in [7, 11) is 0. The van der Waals surface area contributed by atoms with E-state index in [-0.39, 0.29) is 17.6 Å². The maximum atomic E-state index is 13.5. The third kappa shape index (κ3) is 4.53. The first kappa shape index (κ1) is 23.4. The molecule has 0 unspecified atom stereocenters. The lowest BCUT2D eigenvalue weighted by molar-refractivity contribution is -0.136. The molecule has 1 aliphatic heterocycles. The highest BCUT2D eigenvalue weighted by Crippen LogP contribution is 2.44. The molecule has 0 spiro atoms. The fourth-order valence-electron chi connectivity index (χ4n) is 4.22. The summed E-state index contributed by atoms with van der Waals surface area (Å²) in [5, 5.41) is 11.6. The van der Waals surface area contributed by atoms with Crippen molar-refractivity contribution in [3.05, 3.63) is 99.0 Å². The predicted octanol–water partition coefficient (Wildman–Crippen LogP) is 6.06. The SMILES string of the molecule is Cc1ccc(CN2C(=O)[C@](O)(CC(=O)c3ccc(C(C)(C)C)cc3)c3cc(Br)ccc32)cc1. The van der Waals surface area contributed by atoms with Gasteiger partial charge in [-0.15, -0.1) is 0 Å². The minimum Gasteiger partial charge on any atom is -0.375 e. The molecular formula is C28H28BrNO3. The van der Waals surface area contributed by atoms with E-state index >= 15 is 0 Å². The van der Waals surface area contributed by atoms with Crippen LogP contribution < -0.4 is 4.90 Å². The molecule has 0 radical (unpaired) electrons. The molecule has 1 amide bonds. The number of fused-ring (bicyclic) bond motifs is 1. The molecule has 4 rings (SSSR count). The van der Waals surface area contributed by atoms with Crippen molar-refractivity contribution >= 4 is 33.3 Å². The molecule has 5 heteroatoms. The number of hydrogen-bond acceptors (Lipinski definition) is 3. The van der Waals surface area contributed by atoms with Crippen molar-refractivity contribution in [3.63, 3.8) is 0 Å². The molecule has 170 valence electrons. The zero-order chi connectivity index (χ0) is 24.0. The Hall–Kier alpha value is -2.76. The largest absolute Gasteiger partial charge is 0.375 e. The van der Waals surface area contributed by atoms with E-state index in [2.05, 4.69) is 36.7 Å². The summed E-state index contributed by atoms with van der Waals surface area (Å²) < 4.78 is 0.742. The quantitative estimate of drug-likeness (QED) is 0.428. The summed E-state index contributed by atoms with van der Waals surface area (Å²) in [6, 6.07) is 20.7. The normalized spacial score (nSPS) is 17.9. The van der Waals surface area contributed by atoms with Crippen molar-refractivity contribution in [2.24, 2.45) is 0 Å². The van der Waals surface area contributed by atoms with Crippen LogP contribution in [0.4, 0.5) is 5.69 Å². The van der Waals surface area contributed by atoms with Crippen molar-refractivity contribution < 1.29 is 14.7 Å². The number of nitrogens with zero attached hydrogens (tertiary/aromatic N) is 1. The van der Waals surface area contributed by atoms with Gasteiger partial charge in [-0.2, -0.15) is 0 Å². The molecule has 4 nitrogen and oxygen atoms in total. The third-order valence-corrected chi connectivity index (χ3v) is 6.74. The minimum absolute atomic E-state index is 0.0249. The van der Waals surface area contributed by atoms with E-state index in [1.807, 2.05) is 55.5 Å². The van der Waals surface area contributed by atoms with E-state index in [9.17, 15) is 14.7 Å². The summed E-state index contributed by atoms with van der Waals surface area (Å²) >= 11 is 3.44. The highest BCUT2D eigenvalue weighted by atomic mass is 79.9. The van der Waals surface area contributed by atoms with Gasteiger partial charge >= 0.3 is 0 Å². The highest BCUT2D eigenvalue weighted by molar-refractivity contribution is 9.10. The van der Waals surface area contributed by atoms with Gasteiger partial charge in [-0.1, -0.05) is 90.8 Å². The first-order chi connectivity index (χ1) is 15.5. The van der Waals surface area contributed by atoms with E-state index < -0.39 is 11.5 Å². The number of carbonyl (C=O) groups is 2. The van der Waals surface area contributed by atoms with E-state index in [4.69, 9.17) is 0 Å². The number of anilines is 1. The van der Waals surface area contributed by atoms with E-state index in [0.29, 0.717) is 23.4 Å². The van der Waals surface area contributed by atoms with Crippen LogP contribution in [0.3, 0.4) is 0 Å². The van der Waals surface area contributed by atoms with Crippen molar-refractivity contribution in [2.45, 2.75) is 51.7 Å². The standard InChI is InChI=1S/C28H28BrNO3/c1-18-5-7-19(8-6-18)17-30-24-14-13-22(29)15-23(24)28(33,26(30)32)16-25(31)20-9-11-21(12-10-20)27(2,3)4/h5-15,33H,16-17H2,1-4H3/t28-/m0/s1. The Labute approximate surface area is 203 Å². The lowest BCUT2D eigenvalue weighted by Crippen LogP contribution is -2.41. The molecule has 0 saturated heterocycles. The van der Waals surface area contributed by atoms with Crippen LogP contribution in [0, 0.1) is 6.92 Å². The number of rotatable bonds is 5. The Morgan fingerprint density at radius 3 is 2.24 bits per heavy atom. The van der Waals surface area contributed by atoms with Gasteiger partial charge in [-0.3, -0.25) is 9.59 Å². The zero-order valence-corrected chi connectivity index (χ0v) is 20.9. The fourth-order valence-corrected chi connectivity index (χ4v) is 4.58. The average Bonchev–Trinajstić information content (AvgIpc) is 2.96. The number of benzene rings is 3. The molecule has 1 aliphatic rings. The Kier molecular flexibility index (Phi) is 6.06. The molecule has 1 N–H and O–H groups in total. The third-order valence-electron chi connectivity index (χ3n) is 6.24. The maximum Gasteiger partial charge on any atom is 0.264 e. The predicted molar refractivity (Wildman–Crippen MR) is 134 cm³/mol. The molecule has 0 saturated carbocycles. The minimum atomic E-state index is -1.91. The number of amides is 1. The van der Waals surface area contributed by atoms with Gasteiger partial charge in [0.25, 0.3) is 5.91 Å². The van der Waals surface area contributed by atoms with Crippen LogP contribution in [0.5, 0.6) is 0 Å².